The first-order chi connectivity index (χ1) is 17.0. The fourth-order valence-corrected chi connectivity index (χ4v) is 7.43. The number of aryl methyl sites for hydroxylation is 2. The summed E-state index contributed by atoms with van der Waals surface area (Å²) in [6.07, 6.45) is 2.38. The molecule has 7 nitrogen and oxygen atoms in total. The maximum atomic E-state index is 13.5. The number of halogens is 1. The van der Waals surface area contributed by atoms with Crippen LogP contribution in [0.15, 0.2) is 70.5 Å². The van der Waals surface area contributed by atoms with Crippen molar-refractivity contribution in [2.45, 2.75) is 49.8 Å². The van der Waals surface area contributed by atoms with Gasteiger partial charge in [0.2, 0.25) is 20.0 Å². The molecule has 0 atom stereocenters. The second-order valence-corrected chi connectivity index (χ2v) is 13.5. The lowest BCUT2D eigenvalue weighted by Gasteiger charge is -2.30. The summed E-state index contributed by atoms with van der Waals surface area (Å²) in [6.45, 7) is 13.3. The first-order valence-electron chi connectivity index (χ1n) is 12.6. The van der Waals surface area contributed by atoms with Gasteiger partial charge in [-0.3, -0.25) is 0 Å². The molecular weight excluding hydrogens is 530 g/mol. The highest BCUT2D eigenvalue weighted by molar-refractivity contribution is 7.89. The number of sulfonamides is 2. The number of benzene rings is 2. The van der Waals surface area contributed by atoms with Crippen LogP contribution in [0.4, 0.5) is 0 Å². The lowest BCUT2D eigenvalue weighted by molar-refractivity contribution is 0.245. The van der Waals surface area contributed by atoms with Crippen LogP contribution in [0.3, 0.4) is 0 Å². The quantitative estimate of drug-likeness (QED) is 0.480. The van der Waals surface area contributed by atoms with Crippen molar-refractivity contribution in [3.63, 3.8) is 0 Å². The molecule has 0 aliphatic carbocycles. The van der Waals surface area contributed by atoms with Crippen LogP contribution in [-0.4, -0.2) is 76.2 Å². The third-order valence-corrected chi connectivity index (χ3v) is 10.1. The average Bonchev–Trinajstić information content (AvgIpc) is 2.82. The summed E-state index contributed by atoms with van der Waals surface area (Å²) in [7, 11) is -7.51. The third kappa shape index (κ3) is 8.37. The Kier molecular flexibility index (Phi) is 11.8. The highest BCUT2D eigenvalue weighted by atomic mass is 35.5. The molecule has 1 heterocycles. The molecule has 10 heteroatoms. The van der Waals surface area contributed by atoms with Crippen LogP contribution < -0.4 is 0 Å². The highest BCUT2D eigenvalue weighted by Gasteiger charge is 2.29. The van der Waals surface area contributed by atoms with Crippen molar-refractivity contribution < 1.29 is 16.8 Å². The van der Waals surface area contributed by atoms with Crippen molar-refractivity contribution in [1.29, 1.82) is 0 Å². The molecule has 2 aromatic rings. The lowest BCUT2D eigenvalue weighted by Crippen LogP contribution is -2.41. The van der Waals surface area contributed by atoms with Gasteiger partial charge in [0.1, 0.15) is 0 Å². The van der Waals surface area contributed by atoms with Crippen LogP contribution in [0.5, 0.6) is 0 Å². The van der Waals surface area contributed by atoms with Gasteiger partial charge in [0.15, 0.2) is 0 Å². The van der Waals surface area contributed by atoms with E-state index in [1.165, 1.54) is 8.61 Å². The van der Waals surface area contributed by atoms with Crippen molar-refractivity contribution >= 4 is 32.5 Å². The molecule has 0 unspecified atom stereocenters. The molecule has 0 radical (unpaired) electrons. The SMILES string of the molecule is C=C1CN(S(=O)(=O)c2ccc(C)cc2)CCCN(CCC)CCCN(S(=O)(=O)c2ccc(C)cc2)C1.Cl. The van der Waals surface area contributed by atoms with Crippen molar-refractivity contribution in [2.75, 3.05) is 45.8 Å². The van der Waals surface area contributed by atoms with Gasteiger partial charge >= 0.3 is 0 Å². The van der Waals surface area contributed by atoms with E-state index in [-0.39, 0.29) is 35.3 Å². The number of nitrogens with zero attached hydrogens (tertiary/aromatic N) is 3. The maximum absolute atomic E-state index is 13.5. The second-order valence-electron chi connectivity index (χ2n) is 9.60. The van der Waals surface area contributed by atoms with Crippen LogP contribution in [0.1, 0.15) is 37.3 Å². The van der Waals surface area contributed by atoms with Crippen LogP contribution in [0.25, 0.3) is 0 Å². The highest BCUT2D eigenvalue weighted by Crippen LogP contribution is 2.22. The molecule has 1 aliphatic heterocycles. The summed E-state index contributed by atoms with van der Waals surface area (Å²) in [4.78, 5) is 2.77. The molecule has 1 fully saturated rings. The van der Waals surface area contributed by atoms with E-state index in [1.807, 2.05) is 13.8 Å². The fraction of sp³-hybridized carbons (Fsp3) is 0.481. The third-order valence-electron chi connectivity index (χ3n) is 6.42. The molecule has 3 rings (SSSR count). The Morgan fingerprint density at radius 1 is 0.703 bits per heavy atom. The molecule has 0 bridgehead atoms. The fourth-order valence-electron chi connectivity index (χ4n) is 4.43. The summed E-state index contributed by atoms with van der Waals surface area (Å²) >= 11 is 0. The zero-order chi connectivity index (χ0) is 26.3. The van der Waals surface area contributed by atoms with Crippen LogP contribution >= 0.6 is 12.4 Å². The molecule has 206 valence electrons. The maximum Gasteiger partial charge on any atom is 0.243 e. The Morgan fingerprint density at radius 3 is 1.43 bits per heavy atom. The van der Waals surface area contributed by atoms with E-state index in [2.05, 4.69) is 18.4 Å². The molecule has 37 heavy (non-hydrogen) atoms. The zero-order valence-corrected chi connectivity index (χ0v) is 24.5. The Labute approximate surface area is 229 Å². The first-order valence-corrected chi connectivity index (χ1v) is 15.4. The van der Waals surface area contributed by atoms with E-state index >= 15 is 0 Å². The predicted molar refractivity (Wildman–Crippen MR) is 152 cm³/mol. The van der Waals surface area contributed by atoms with Gasteiger partial charge in [-0.2, -0.15) is 8.61 Å². The lowest BCUT2D eigenvalue weighted by atomic mass is 10.2. The predicted octanol–water partition coefficient (Wildman–Crippen LogP) is 4.47. The Morgan fingerprint density at radius 2 is 1.08 bits per heavy atom. The zero-order valence-electron chi connectivity index (χ0n) is 22.1. The molecule has 0 aromatic heterocycles. The van der Waals surface area contributed by atoms with Crippen molar-refractivity contribution in [2.24, 2.45) is 0 Å². The number of rotatable bonds is 6. The Balaban J connectivity index is 0.00000481. The van der Waals surface area contributed by atoms with Gasteiger partial charge in [0, 0.05) is 26.2 Å². The van der Waals surface area contributed by atoms with Gasteiger partial charge in [-0.1, -0.05) is 48.9 Å². The summed E-state index contributed by atoms with van der Waals surface area (Å²) in [5, 5.41) is 0. The molecule has 1 aliphatic rings. The molecule has 1 saturated heterocycles. The molecule has 0 amide bonds. The summed E-state index contributed by atoms with van der Waals surface area (Å²) in [5.74, 6) is 0. The largest absolute Gasteiger partial charge is 0.303 e. The van der Waals surface area contributed by atoms with E-state index in [0.29, 0.717) is 31.5 Å². The molecule has 0 saturated carbocycles. The number of hydrogen-bond acceptors (Lipinski definition) is 5. The van der Waals surface area contributed by atoms with Gasteiger partial charge in [-0.15, -0.1) is 12.4 Å². The van der Waals surface area contributed by atoms with E-state index < -0.39 is 20.0 Å². The van der Waals surface area contributed by atoms with E-state index in [0.717, 1.165) is 37.2 Å². The second kappa shape index (κ2) is 13.9. The van der Waals surface area contributed by atoms with E-state index in [1.54, 1.807) is 48.5 Å². The minimum atomic E-state index is -3.75. The average molecular weight is 570 g/mol. The normalized spacial score (nSPS) is 18.0. The van der Waals surface area contributed by atoms with Crippen molar-refractivity contribution in [3.8, 4) is 0 Å². The topological polar surface area (TPSA) is 78.0 Å². The first kappa shape index (κ1) is 31.5. The molecule has 2 aromatic carbocycles. The Bertz CT molecular complexity index is 1140. The van der Waals surface area contributed by atoms with E-state index in [9.17, 15) is 16.8 Å². The number of hydrogen-bond donors (Lipinski definition) is 0. The molecule has 0 N–H and O–H groups in total. The van der Waals surface area contributed by atoms with Gasteiger partial charge in [-0.25, -0.2) is 16.8 Å². The minimum absolute atomic E-state index is 0. The molecule has 0 spiro atoms. The Hall–Kier alpha value is -1.75. The summed E-state index contributed by atoms with van der Waals surface area (Å²) in [5.41, 5.74) is 2.52. The van der Waals surface area contributed by atoms with Gasteiger partial charge in [-0.05, 0) is 82.6 Å². The van der Waals surface area contributed by atoms with Crippen LogP contribution in [-0.2, 0) is 20.0 Å². The van der Waals surface area contributed by atoms with Gasteiger partial charge < -0.3 is 4.90 Å². The minimum Gasteiger partial charge on any atom is -0.303 e. The molecular formula is C27H40ClN3O4S2. The van der Waals surface area contributed by atoms with Gasteiger partial charge in [0.25, 0.3) is 0 Å². The van der Waals surface area contributed by atoms with Gasteiger partial charge in [0.05, 0.1) is 9.79 Å². The van der Waals surface area contributed by atoms with Crippen molar-refractivity contribution in [1.82, 2.24) is 13.5 Å². The standard InChI is InChI=1S/C27H39N3O4S2.ClH/c1-5-16-28-17-6-19-29(35(31,32)26-12-8-23(2)9-13-26)21-25(4)22-30(20-7-18-28)36(33,34)27-14-10-24(3)11-15-27;/h8-15H,4-7,16-22H2,1-3H3;1H. The van der Waals surface area contributed by atoms with Crippen molar-refractivity contribution in [3.05, 3.63) is 71.8 Å². The van der Waals surface area contributed by atoms with E-state index in [4.69, 9.17) is 0 Å². The summed E-state index contributed by atoms with van der Waals surface area (Å²) < 4.78 is 57.1. The smallest absolute Gasteiger partial charge is 0.243 e. The monoisotopic (exact) mass is 569 g/mol. The van der Waals surface area contributed by atoms with Crippen LogP contribution in [0.2, 0.25) is 0 Å². The summed E-state index contributed by atoms with van der Waals surface area (Å²) in [6, 6.07) is 13.7. The van der Waals surface area contributed by atoms with Crippen LogP contribution in [0, 0.1) is 13.8 Å².